The number of aromatic nitrogens is 1. The first-order valence-electron chi connectivity index (χ1n) is 6.11. The summed E-state index contributed by atoms with van der Waals surface area (Å²) in [5, 5.41) is 0. The van der Waals surface area contributed by atoms with Crippen molar-refractivity contribution in [3.8, 4) is 0 Å². The normalized spacial score (nSPS) is 20.1. The molecule has 0 saturated carbocycles. The van der Waals surface area contributed by atoms with E-state index in [1.807, 2.05) is 11.0 Å². The van der Waals surface area contributed by atoms with Crippen molar-refractivity contribution in [1.82, 2.24) is 14.7 Å². The van der Waals surface area contributed by atoms with Gasteiger partial charge in [0.1, 0.15) is 0 Å². The summed E-state index contributed by atoms with van der Waals surface area (Å²) in [6, 6.07) is 4.00. The number of pyridine rings is 1. The molecule has 17 heavy (non-hydrogen) atoms. The number of amides is 1. The van der Waals surface area contributed by atoms with Gasteiger partial charge in [0.15, 0.2) is 7.98 Å². The number of carbonyl (C=O) groups is 1. The van der Waals surface area contributed by atoms with E-state index in [0.717, 1.165) is 25.3 Å². The Kier molecular flexibility index (Phi) is 2.63. The van der Waals surface area contributed by atoms with Crippen LogP contribution in [-0.4, -0.2) is 41.7 Å². The highest BCUT2D eigenvalue weighted by Crippen LogP contribution is 2.23. The topological polar surface area (TPSA) is 36.4 Å². The van der Waals surface area contributed by atoms with Crippen LogP contribution < -0.4 is 0 Å². The predicted octanol–water partition coefficient (Wildman–Crippen LogP) is -0.206. The molecule has 0 atom stereocenters. The third-order valence-electron chi connectivity index (χ3n) is 3.64. The maximum Gasteiger partial charge on any atom is 0.223 e. The molecule has 0 bridgehead atoms. The molecule has 2 aliphatic heterocycles. The molecule has 3 rings (SSSR count). The summed E-state index contributed by atoms with van der Waals surface area (Å²) in [5.41, 5.74) is 2.26. The lowest BCUT2D eigenvalue weighted by Gasteiger charge is -2.37. The SMILES string of the molecule is BN1CC(CC(=O)N2Cc3cccnc3C2)C1. The van der Waals surface area contributed by atoms with Gasteiger partial charge in [0.2, 0.25) is 5.91 Å². The molecule has 0 spiro atoms. The van der Waals surface area contributed by atoms with Gasteiger partial charge in [-0.3, -0.25) is 9.78 Å². The number of hydrogen-bond acceptors (Lipinski definition) is 3. The Balaban J connectivity index is 1.59. The third kappa shape index (κ3) is 2.07. The molecule has 88 valence electrons. The monoisotopic (exact) mass is 229 g/mol. The lowest BCUT2D eigenvalue weighted by molar-refractivity contribution is -0.133. The first-order valence-corrected chi connectivity index (χ1v) is 6.11. The molecule has 5 heteroatoms. The second kappa shape index (κ2) is 4.15. The van der Waals surface area contributed by atoms with Crippen molar-refractivity contribution in [2.75, 3.05) is 13.1 Å². The minimum absolute atomic E-state index is 0.279. The molecular weight excluding hydrogens is 213 g/mol. The molecule has 0 aromatic carbocycles. The fraction of sp³-hybridized carbons (Fsp3) is 0.500. The van der Waals surface area contributed by atoms with Gasteiger partial charge >= 0.3 is 0 Å². The van der Waals surface area contributed by atoms with E-state index >= 15 is 0 Å². The van der Waals surface area contributed by atoms with E-state index in [1.54, 1.807) is 6.20 Å². The molecular formula is C12H16BN3O. The molecule has 1 amide bonds. The van der Waals surface area contributed by atoms with E-state index < -0.39 is 0 Å². The smallest absolute Gasteiger partial charge is 0.223 e. The van der Waals surface area contributed by atoms with Crippen molar-refractivity contribution in [1.29, 1.82) is 0 Å². The Morgan fingerprint density at radius 2 is 2.29 bits per heavy atom. The van der Waals surface area contributed by atoms with Gasteiger partial charge in [-0.25, -0.2) is 0 Å². The van der Waals surface area contributed by atoms with Gasteiger partial charge in [-0.2, -0.15) is 0 Å². The lowest BCUT2D eigenvalue weighted by Crippen LogP contribution is -2.46. The zero-order chi connectivity index (χ0) is 11.8. The van der Waals surface area contributed by atoms with Crippen LogP contribution in [0.15, 0.2) is 18.3 Å². The van der Waals surface area contributed by atoms with Crippen molar-refractivity contribution in [3.63, 3.8) is 0 Å². The molecule has 0 aliphatic carbocycles. The van der Waals surface area contributed by atoms with Gasteiger partial charge in [-0.1, -0.05) is 6.07 Å². The molecule has 0 N–H and O–H groups in total. The van der Waals surface area contributed by atoms with Crippen LogP contribution in [0.1, 0.15) is 17.7 Å². The van der Waals surface area contributed by atoms with Crippen molar-refractivity contribution in [2.24, 2.45) is 5.92 Å². The first kappa shape index (κ1) is 10.8. The van der Waals surface area contributed by atoms with Crippen molar-refractivity contribution in [2.45, 2.75) is 19.5 Å². The fourth-order valence-corrected chi connectivity index (χ4v) is 2.71. The summed E-state index contributed by atoms with van der Waals surface area (Å²) in [6.45, 7) is 3.55. The lowest BCUT2D eigenvalue weighted by atomic mass is 9.92. The van der Waals surface area contributed by atoms with Crippen LogP contribution in [0.3, 0.4) is 0 Å². The minimum Gasteiger partial charge on any atom is -0.348 e. The van der Waals surface area contributed by atoms with Crippen LogP contribution in [0.2, 0.25) is 0 Å². The molecule has 1 aromatic heterocycles. The van der Waals surface area contributed by atoms with E-state index in [9.17, 15) is 4.79 Å². The number of hydrogen-bond donors (Lipinski definition) is 0. The first-order chi connectivity index (χ1) is 8.22. The highest BCUT2D eigenvalue weighted by atomic mass is 16.2. The molecule has 1 saturated heterocycles. The molecule has 4 nitrogen and oxygen atoms in total. The fourth-order valence-electron chi connectivity index (χ4n) is 2.71. The van der Waals surface area contributed by atoms with Crippen molar-refractivity contribution >= 4 is 13.9 Å². The third-order valence-corrected chi connectivity index (χ3v) is 3.64. The van der Waals surface area contributed by atoms with Gasteiger partial charge in [0.05, 0.1) is 12.2 Å². The van der Waals surface area contributed by atoms with Gasteiger partial charge in [0, 0.05) is 19.2 Å². The van der Waals surface area contributed by atoms with E-state index in [2.05, 4.69) is 23.8 Å². The van der Waals surface area contributed by atoms with Gasteiger partial charge in [-0.15, -0.1) is 0 Å². The predicted molar refractivity (Wildman–Crippen MR) is 66.7 cm³/mol. The standard InChI is InChI=1S/C12H16BN3O/c13-16-5-9(6-16)4-12(17)15-7-10-2-1-3-14-11(10)8-15/h1-3,9H,4-8,13H2. The van der Waals surface area contributed by atoms with Crippen LogP contribution in [-0.2, 0) is 17.9 Å². The summed E-state index contributed by atoms with van der Waals surface area (Å²) in [7, 11) is 2.09. The molecule has 0 radical (unpaired) electrons. The van der Waals surface area contributed by atoms with Crippen LogP contribution in [0, 0.1) is 5.92 Å². The zero-order valence-corrected chi connectivity index (χ0v) is 10.1. The highest BCUT2D eigenvalue weighted by molar-refractivity contribution is 6.04. The van der Waals surface area contributed by atoms with E-state index in [1.165, 1.54) is 5.56 Å². The molecule has 3 heterocycles. The summed E-state index contributed by atoms with van der Waals surface area (Å²) in [6.07, 6.45) is 2.49. The molecule has 0 unspecified atom stereocenters. The van der Waals surface area contributed by atoms with Crippen LogP contribution in [0.4, 0.5) is 0 Å². The Labute approximate surface area is 102 Å². The largest absolute Gasteiger partial charge is 0.348 e. The maximum absolute atomic E-state index is 12.1. The Bertz CT molecular complexity index is 420. The van der Waals surface area contributed by atoms with Crippen molar-refractivity contribution in [3.05, 3.63) is 29.6 Å². The average Bonchev–Trinajstić information content (AvgIpc) is 2.70. The number of rotatable bonds is 2. The summed E-state index contributed by atoms with van der Waals surface area (Å²) < 4.78 is 0. The van der Waals surface area contributed by atoms with Crippen LogP contribution in [0.25, 0.3) is 0 Å². The average molecular weight is 229 g/mol. The minimum atomic E-state index is 0.279. The van der Waals surface area contributed by atoms with Gasteiger partial charge in [0.25, 0.3) is 0 Å². The van der Waals surface area contributed by atoms with Crippen molar-refractivity contribution < 1.29 is 4.79 Å². The highest BCUT2D eigenvalue weighted by Gasteiger charge is 2.29. The summed E-state index contributed by atoms with van der Waals surface area (Å²) in [5.74, 6) is 0.838. The summed E-state index contributed by atoms with van der Waals surface area (Å²) >= 11 is 0. The Morgan fingerprint density at radius 1 is 1.47 bits per heavy atom. The second-order valence-corrected chi connectivity index (χ2v) is 5.15. The van der Waals surface area contributed by atoms with E-state index in [-0.39, 0.29) is 5.91 Å². The molecule has 2 aliphatic rings. The number of fused-ring (bicyclic) bond motifs is 1. The van der Waals surface area contributed by atoms with E-state index in [0.29, 0.717) is 18.9 Å². The zero-order valence-electron chi connectivity index (χ0n) is 10.1. The van der Waals surface area contributed by atoms with Crippen LogP contribution in [0.5, 0.6) is 0 Å². The van der Waals surface area contributed by atoms with Crippen LogP contribution >= 0.6 is 0 Å². The summed E-state index contributed by atoms with van der Waals surface area (Å²) in [4.78, 5) is 20.6. The Hall–Kier alpha value is -1.36. The van der Waals surface area contributed by atoms with E-state index in [4.69, 9.17) is 0 Å². The maximum atomic E-state index is 12.1. The van der Waals surface area contributed by atoms with Gasteiger partial charge in [-0.05, 0) is 30.6 Å². The molecule has 1 aromatic rings. The quantitative estimate of drug-likeness (QED) is 0.658. The molecule has 1 fully saturated rings. The Morgan fingerprint density at radius 3 is 3.00 bits per heavy atom. The number of nitrogens with zero attached hydrogens (tertiary/aromatic N) is 3. The number of carbonyl (C=O) groups excluding carboxylic acids is 1. The van der Waals surface area contributed by atoms with Gasteiger partial charge < -0.3 is 9.71 Å². The second-order valence-electron chi connectivity index (χ2n) is 5.15.